The summed E-state index contributed by atoms with van der Waals surface area (Å²) >= 11 is 0. The van der Waals surface area contributed by atoms with E-state index in [9.17, 15) is 0 Å². The molecular formula is C13H22N4. The van der Waals surface area contributed by atoms with Gasteiger partial charge >= 0.3 is 0 Å². The van der Waals surface area contributed by atoms with Crippen LogP contribution in [-0.2, 0) is 0 Å². The van der Waals surface area contributed by atoms with Crippen LogP contribution in [0.2, 0.25) is 0 Å². The summed E-state index contributed by atoms with van der Waals surface area (Å²) in [6.45, 7) is 7.52. The van der Waals surface area contributed by atoms with E-state index in [0.717, 1.165) is 17.3 Å². The molecule has 3 rings (SSSR count). The first kappa shape index (κ1) is 10.9. The van der Waals surface area contributed by atoms with Crippen molar-refractivity contribution in [3.63, 3.8) is 0 Å². The summed E-state index contributed by atoms with van der Waals surface area (Å²) in [6.07, 6.45) is 4.07. The van der Waals surface area contributed by atoms with Gasteiger partial charge in [0.25, 0.3) is 0 Å². The molecular weight excluding hydrogens is 212 g/mol. The molecule has 2 unspecified atom stereocenters. The van der Waals surface area contributed by atoms with Gasteiger partial charge in [-0.05, 0) is 46.0 Å². The van der Waals surface area contributed by atoms with Crippen LogP contribution in [0.15, 0.2) is 0 Å². The maximum absolute atomic E-state index is 6.23. The molecule has 0 amide bonds. The molecule has 2 aliphatic rings. The SMILES string of the molecule is Cc1nn(C(C)C)c(N2CC3CCC2C3)c1N. The number of nitrogen functional groups attached to an aromatic ring is 1. The first-order valence-electron chi connectivity index (χ1n) is 6.69. The summed E-state index contributed by atoms with van der Waals surface area (Å²) in [4.78, 5) is 2.50. The lowest BCUT2D eigenvalue weighted by molar-refractivity contribution is 0.496. The fourth-order valence-electron chi connectivity index (χ4n) is 3.38. The van der Waals surface area contributed by atoms with E-state index in [2.05, 4.69) is 28.5 Å². The summed E-state index contributed by atoms with van der Waals surface area (Å²) in [5, 5.41) is 4.59. The second kappa shape index (κ2) is 3.65. The Morgan fingerprint density at radius 3 is 2.65 bits per heavy atom. The molecule has 94 valence electrons. The average Bonchev–Trinajstić information content (AvgIpc) is 2.94. The van der Waals surface area contributed by atoms with Gasteiger partial charge in [-0.1, -0.05) is 0 Å². The molecule has 2 fully saturated rings. The smallest absolute Gasteiger partial charge is 0.151 e. The number of hydrogen-bond acceptors (Lipinski definition) is 3. The van der Waals surface area contributed by atoms with Crippen molar-refractivity contribution in [2.75, 3.05) is 17.2 Å². The topological polar surface area (TPSA) is 47.1 Å². The highest BCUT2D eigenvalue weighted by molar-refractivity contribution is 5.67. The number of fused-ring (bicyclic) bond motifs is 2. The van der Waals surface area contributed by atoms with Gasteiger partial charge in [-0.15, -0.1) is 0 Å². The molecule has 1 aromatic rings. The van der Waals surface area contributed by atoms with E-state index >= 15 is 0 Å². The third-order valence-electron chi connectivity index (χ3n) is 4.28. The Hall–Kier alpha value is -1.19. The standard InChI is InChI=1S/C13H22N4/c1-8(2)17-13(12(14)9(3)15-17)16-7-10-4-5-11(16)6-10/h8,10-11H,4-7,14H2,1-3H3. The van der Waals surface area contributed by atoms with Crippen LogP contribution in [0.25, 0.3) is 0 Å². The molecule has 2 bridgehead atoms. The quantitative estimate of drug-likeness (QED) is 0.854. The lowest BCUT2D eigenvalue weighted by Gasteiger charge is -2.30. The summed E-state index contributed by atoms with van der Waals surface area (Å²) < 4.78 is 2.10. The predicted octanol–water partition coefficient (Wildman–Crippen LogP) is 2.34. The van der Waals surface area contributed by atoms with Gasteiger partial charge in [-0.3, -0.25) is 0 Å². The number of aromatic nitrogens is 2. The zero-order chi connectivity index (χ0) is 12.2. The molecule has 1 aliphatic heterocycles. The Labute approximate surface area is 103 Å². The minimum Gasteiger partial charge on any atom is -0.394 e. The van der Waals surface area contributed by atoms with Gasteiger partial charge in [0.05, 0.1) is 11.4 Å². The fraction of sp³-hybridized carbons (Fsp3) is 0.769. The first-order valence-corrected chi connectivity index (χ1v) is 6.69. The van der Waals surface area contributed by atoms with Crippen LogP contribution in [0.1, 0.15) is 44.8 Å². The number of anilines is 2. The van der Waals surface area contributed by atoms with Crippen molar-refractivity contribution in [2.45, 2.75) is 52.1 Å². The van der Waals surface area contributed by atoms with Crippen LogP contribution in [0.3, 0.4) is 0 Å². The van der Waals surface area contributed by atoms with Crippen LogP contribution >= 0.6 is 0 Å². The molecule has 17 heavy (non-hydrogen) atoms. The highest BCUT2D eigenvalue weighted by Gasteiger charge is 2.40. The summed E-state index contributed by atoms with van der Waals surface area (Å²) in [6, 6.07) is 1.08. The highest BCUT2D eigenvalue weighted by atomic mass is 15.4. The third kappa shape index (κ3) is 1.53. The number of hydrogen-bond donors (Lipinski definition) is 1. The van der Waals surface area contributed by atoms with Gasteiger partial charge in [0.1, 0.15) is 0 Å². The molecule has 1 aromatic heterocycles. The predicted molar refractivity (Wildman–Crippen MR) is 70.2 cm³/mol. The van der Waals surface area contributed by atoms with Crippen molar-refractivity contribution in [1.29, 1.82) is 0 Å². The zero-order valence-corrected chi connectivity index (χ0v) is 11.0. The Morgan fingerprint density at radius 2 is 2.12 bits per heavy atom. The molecule has 1 aliphatic carbocycles. The minimum atomic E-state index is 0.375. The van der Waals surface area contributed by atoms with Gasteiger partial charge in [0.2, 0.25) is 0 Å². The number of rotatable bonds is 2. The maximum atomic E-state index is 6.23. The van der Waals surface area contributed by atoms with Crippen molar-refractivity contribution in [2.24, 2.45) is 5.92 Å². The molecule has 0 aromatic carbocycles. The van der Waals surface area contributed by atoms with E-state index in [1.807, 2.05) is 6.92 Å². The minimum absolute atomic E-state index is 0.375. The molecule has 4 heteroatoms. The Balaban J connectivity index is 2.02. The second-order valence-corrected chi connectivity index (χ2v) is 5.85. The van der Waals surface area contributed by atoms with Crippen LogP contribution < -0.4 is 10.6 Å². The highest BCUT2D eigenvalue weighted by Crippen LogP contribution is 2.43. The Kier molecular flexibility index (Phi) is 2.35. The van der Waals surface area contributed by atoms with E-state index in [1.54, 1.807) is 0 Å². The molecule has 1 saturated carbocycles. The van der Waals surface area contributed by atoms with Gasteiger partial charge in [0.15, 0.2) is 5.82 Å². The lowest BCUT2D eigenvalue weighted by atomic mass is 10.1. The third-order valence-corrected chi connectivity index (χ3v) is 4.28. The Bertz CT molecular complexity index is 435. The van der Waals surface area contributed by atoms with E-state index in [0.29, 0.717) is 12.1 Å². The van der Waals surface area contributed by atoms with Crippen molar-refractivity contribution >= 4 is 11.5 Å². The van der Waals surface area contributed by atoms with E-state index in [4.69, 9.17) is 5.73 Å². The van der Waals surface area contributed by atoms with Crippen LogP contribution in [-0.4, -0.2) is 22.4 Å². The van der Waals surface area contributed by atoms with Gasteiger partial charge in [-0.25, -0.2) is 4.68 Å². The number of nitrogens with zero attached hydrogens (tertiary/aromatic N) is 3. The van der Waals surface area contributed by atoms with Crippen molar-refractivity contribution < 1.29 is 0 Å². The molecule has 4 nitrogen and oxygen atoms in total. The maximum Gasteiger partial charge on any atom is 0.151 e. The van der Waals surface area contributed by atoms with Crippen molar-refractivity contribution in [3.05, 3.63) is 5.69 Å². The molecule has 0 spiro atoms. The number of piperidine rings is 1. The van der Waals surface area contributed by atoms with E-state index in [1.165, 1.54) is 31.6 Å². The largest absolute Gasteiger partial charge is 0.394 e. The van der Waals surface area contributed by atoms with Crippen LogP contribution in [0.4, 0.5) is 11.5 Å². The second-order valence-electron chi connectivity index (χ2n) is 5.85. The summed E-state index contributed by atoms with van der Waals surface area (Å²) in [5.74, 6) is 2.06. The molecule has 2 heterocycles. The van der Waals surface area contributed by atoms with E-state index < -0.39 is 0 Å². The lowest BCUT2D eigenvalue weighted by Crippen LogP contribution is -2.34. The van der Waals surface area contributed by atoms with Gasteiger partial charge in [0, 0.05) is 18.6 Å². The van der Waals surface area contributed by atoms with Crippen LogP contribution in [0, 0.1) is 12.8 Å². The number of aryl methyl sites for hydroxylation is 1. The van der Waals surface area contributed by atoms with Gasteiger partial charge in [-0.2, -0.15) is 5.10 Å². The number of nitrogens with two attached hydrogens (primary N) is 1. The van der Waals surface area contributed by atoms with Crippen molar-refractivity contribution in [3.8, 4) is 0 Å². The van der Waals surface area contributed by atoms with Crippen molar-refractivity contribution in [1.82, 2.24) is 9.78 Å². The first-order chi connectivity index (χ1) is 8.08. The zero-order valence-electron chi connectivity index (χ0n) is 11.0. The summed E-state index contributed by atoms with van der Waals surface area (Å²) in [5.41, 5.74) is 8.08. The fourth-order valence-corrected chi connectivity index (χ4v) is 3.38. The van der Waals surface area contributed by atoms with Gasteiger partial charge < -0.3 is 10.6 Å². The molecule has 2 N–H and O–H groups in total. The van der Waals surface area contributed by atoms with Crippen LogP contribution in [0.5, 0.6) is 0 Å². The Morgan fingerprint density at radius 1 is 1.35 bits per heavy atom. The molecule has 2 atom stereocenters. The summed E-state index contributed by atoms with van der Waals surface area (Å²) in [7, 11) is 0. The van der Waals surface area contributed by atoms with E-state index in [-0.39, 0.29) is 0 Å². The molecule has 0 radical (unpaired) electrons. The average molecular weight is 234 g/mol. The monoisotopic (exact) mass is 234 g/mol. The normalized spacial score (nSPS) is 27.4. The molecule has 1 saturated heterocycles.